The molecule has 0 saturated heterocycles. The monoisotopic (exact) mass is 324 g/mol. The van der Waals surface area contributed by atoms with Gasteiger partial charge in [0.05, 0.1) is 5.56 Å². The van der Waals surface area contributed by atoms with Gasteiger partial charge in [0.1, 0.15) is 11.9 Å². The molecule has 2 aromatic rings. The molecule has 2 amide bonds. The van der Waals surface area contributed by atoms with Gasteiger partial charge in [-0.3, -0.25) is 9.59 Å². The fraction of sp³-hybridized carbons (Fsp3) is 0.278. The van der Waals surface area contributed by atoms with E-state index in [1.165, 1.54) is 6.20 Å². The molecule has 1 aromatic carbocycles. The zero-order valence-corrected chi connectivity index (χ0v) is 13.2. The molecule has 6 heteroatoms. The van der Waals surface area contributed by atoms with E-state index in [0.29, 0.717) is 18.0 Å². The first kappa shape index (κ1) is 16.0. The standard InChI is InChI=1S/C18H20N4O2/c19-17(23)15(10-12-4-2-1-3-5-12)22-18(24)13-6-9-16(20-11-13)21-14-7-8-14/h1-6,9,11,14-15H,7-8,10H2,(H2,19,23)(H,20,21)(H,22,24)/t15-/m0/s1. The Morgan fingerprint density at radius 2 is 1.92 bits per heavy atom. The Balaban J connectivity index is 1.63. The number of nitrogens with zero attached hydrogens (tertiary/aromatic N) is 1. The van der Waals surface area contributed by atoms with Crippen molar-refractivity contribution >= 4 is 17.6 Å². The van der Waals surface area contributed by atoms with E-state index in [0.717, 1.165) is 24.2 Å². The van der Waals surface area contributed by atoms with E-state index in [-0.39, 0.29) is 5.91 Å². The zero-order valence-electron chi connectivity index (χ0n) is 13.2. The Kier molecular flexibility index (Phi) is 4.74. The number of hydrogen-bond donors (Lipinski definition) is 3. The average Bonchev–Trinajstić information content (AvgIpc) is 3.39. The highest BCUT2D eigenvalue weighted by atomic mass is 16.2. The number of anilines is 1. The second-order valence-electron chi connectivity index (χ2n) is 5.97. The number of hydrogen-bond acceptors (Lipinski definition) is 4. The van der Waals surface area contributed by atoms with Gasteiger partial charge >= 0.3 is 0 Å². The van der Waals surface area contributed by atoms with Gasteiger partial charge in [-0.2, -0.15) is 0 Å². The molecule has 0 aliphatic heterocycles. The van der Waals surface area contributed by atoms with Crippen LogP contribution in [0.3, 0.4) is 0 Å². The van der Waals surface area contributed by atoms with E-state index >= 15 is 0 Å². The smallest absolute Gasteiger partial charge is 0.253 e. The highest BCUT2D eigenvalue weighted by Gasteiger charge is 2.22. The van der Waals surface area contributed by atoms with Gasteiger partial charge in [-0.1, -0.05) is 30.3 Å². The third kappa shape index (κ3) is 4.32. The zero-order chi connectivity index (χ0) is 16.9. The minimum atomic E-state index is -0.760. The van der Waals surface area contributed by atoms with E-state index < -0.39 is 11.9 Å². The van der Waals surface area contributed by atoms with Crippen LogP contribution in [0.4, 0.5) is 5.82 Å². The van der Waals surface area contributed by atoms with Crippen LogP contribution in [-0.2, 0) is 11.2 Å². The van der Waals surface area contributed by atoms with E-state index in [1.54, 1.807) is 12.1 Å². The van der Waals surface area contributed by atoms with Gasteiger partial charge < -0.3 is 16.4 Å². The lowest BCUT2D eigenvalue weighted by Crippen LogP contribution is -2.45. The molecule has 1 saturated carbocycles. The van der Waals surface area contributed by atoms with Gasteiger partial charge in [0, 0.05) is 18.7 Å². The number of benzene rings is 1. The van der Waals surface area contributed by atoms with Crippen LogP contribution < -0.4 is 16.4 Å². The minimum Gasteiger partial charge on any atom is -0.368 e. The van der Waals surface area contributed by atoms with Crippen LogP contribution in [0.1, 0.15) is 28.8 Å². The van der Waals surface area contributed by atoms with Crippen molar-refractivity contribution < 1.29 is 9.59 Å². The molecule has 0 radical (unpaired) electrons. The van der Waals surface area contributed by atoms with Gasteiger partial charge in [-0.25, -0.2) is 4.98 Å². The minimum absolute atomic E-state index is 0.358. The fourth-order valence-corrected chi connectivity index (χ4v) is 2.36. The maximum Gasteiger partial charge on any atom is 0.253 e. The molecule has 1 heterocycles. The Morgan fingerprint density at radius 1 is 1.17 bits per heavy atom. The summed E-state index contributed by atoms with van der Waals surface area (Å²) in [7, 11) is 0. The van der Waals surface area contributed by atoms with Crippen molar-refractivity contribution in [1.82, 2.24) is 10.3 Å². The third-order valence-electron chi connectivity index (χ3n) is 3.89. The quantitative estimate of drug-likeness (QED) is 0.718. The molecule has 1 aromatic heterocycles. The lowest BCUT2D eigenvalue weighted by Gasteiger charge is -2.15. The Hall–Kier alpha value is -2.89. The average molecular weight is 324 g/mol. The molecule has 4 N–H and O–H groups in total. The van der Waals surface area contributed by atoms with E-state index in [2.05, 4.69) is 15.6 Å². The highest BCUT2D eigenvalue weighted by molar-refractivity contribution is 5.97. The van der Waals surface area contributed by atoms with Gasteiger partial charge in [0.15, 0.2) is 0 Å². The first-order valence-corrected chi connectivity index (χ1v) is 7.98. The first-order chi connectivity index (χ1) is 11.6. The number of carbonyl (C=O) groups is 2. The van der Waals surface area contributed by atoms with Gasteiger partial charge in [0.2, 0.25) is 5.91 Å². The summed E-state index contributed by atoms with van der Waals surface area (Å²) in [6.07, 6.45) is 4.17. The summed E-state index contributed by atoms with van der Waals surface area (Å²) < 4.78 is 0. The normalized spacial score (nSPS) is 14.7. The van der Waals surface area contributed by atoms with Crippen molar-refractivity contribution in [2.24, 2.45) is 5.73 Å². The molecule has 1 aliphatic carbocycles. The summed E-state index contributed by atoms with van der Waals surface area (Å²) in [5.41, 5.74) is 6.75. The van der Waals surface area contributed by atoms with Crippen LogP contribution in [0.25, 0.3) is 0 Å². The van der Waals surface area contributed by atoms with Crippen molar-refractivity contribution in [1.29, 1.82) is 0 Å². The van der Waals surface area contributed by atoms with Crippen molar-refractivity contribution in [3.8, 4) is 0 Å². The molecule has 1 fully saturated rings. The lowest BCUT2D eigenvalue weighted by atomic mass is 10.1. The summed E-state index contributed by atoms with van der Waals surface area (Å²) in [5, 5.41) is 5.94. The number of rotatable bonds is 7. The molecule has 1 aliphatic rings. The number of primary amides is 1. The summed E-state index contributed by atoms with van der Waals surface area (Å²) in [6.45, 7) is 0. The topological polar surface area (TPSA) is 97.1 Å². The summed E-state index contributed by atoms with van der Waals surface area (Å²) in [4.78, 5) is 28.2. The Morgan fingerprint density at radius 3 is 2.50 bits per heavy atom. The number of nitrogens with two attached hydrogens (primary N) is 1. The SMILES string of the molecule is NC(=O)[C@H](Cc1ccccc1)NC(=O)c1ccc(NC2CC2)nc1. The van der Waals surface area contributed by atoms with Crippen molar-refractivity contribution in [2.75, 3.05) is 5.32 Å². The van der Waals surface area contributed by atoms with E-state index in [9.17, 15) is 9.59 Å². The van der Waals surface area contributed by atoms with Crippen LogP contribution in [0.2, 0.25) is 0 Å². The maximum atomic E-state index is 12.3. The van der Waals surface area contributed by atoms with Gasteiger partial charge in [0.25, 0.3) is 5.91 Å². The second kappa shape index (κ2) is 7.12. The molecular weight excluding hydrogens is 304 g/mol. The number of aromatic nitrogens is 1. The molecular formula is C18H20N4O2. The van der Waals surface area contributed by atoms with Crippen LogP contribution in [0, 0.1) is 0 Å². The predicted octanol–water partition coefficient (Wildman–Crippen LogP) is 1.48. The first-order valence-electron chi connectivity index (χ1n) is 7.98. The van der Waals surface area contributed by atoms with E-state index in [1.807, 2.05) is 30.3 Å². The molecule has 6 nitrogen and oxygen atoms in total. The molecule has 0 bridgehead atoms. The number of nitrogens with one attached hydrogen (secondary N) is 2. The fourth-order valence-electron chi connectivity index (χ4n) is 2.36. The molecule has 1 atom stereocenters. The number of carbonyl (C=O) groups excluding carboxylic acids is 2. The second-order valence-corrected chi connectivity index (χ2v) is 5.97. The van der Waals surface area contributed by atoms with E-state index in [4.69, 9.17) is 5.73 Å². The van der Waals surface area contributed by atoms with Crippen LogP contribution >= 0.6 is 0 Å². The number of amides is 2. The molecule has 3 rings (SSSR count). The summed E-state index contributed by atoms with van der Waals surface area (Å²) in [5.74, 6) is -0.169. The van der Waals surface area contributed by atoms with Crippen LogP contribution in [-0.4, -0.2) is 28.9 Å². The Labute approximate surface area is 140 Å². The lowest BCUT2D eigenvalue weighted by molar-refractivity contribution is -0.119. The predicted molar refractivity (Wildman–Crippen MR) is 91.5 cm³/mol. The summed E-state index contributed by atoms with van der Waals surface area (Å²) in [6, 6.07) is 12.6. The van der Waals surface area contributed by atoms with Crippen molar-refractivity contribution in [2.45, 2.75) is 31.3 Å². The summed E-state index contributed by atoms with van der Waals surface area (Å²) >= 11 is 0. The largest absolute Gasteiger partial charge is 0.368 e. The van der Waals surface area contributed by atoms with Crippen LogP contribution in [0.5, 0.6) is 0 Å². The van der Waals surface area contributed by atoms with Gasteiger partial charge in [-0.15, -0.1) is 0 Å². The van der Waals surface area contributed by atoms with Crippen molar-refractivity contribution in [3.05, 3.63) is 59.8 Å². The molecule has 0 spiro atoms. The third-order valence-corrected chi connectivity index (χ3v) is 3.89. The molecule has 24 heavy (non-hydrogen) atoms. The van der Waals surface area contributed by atoms with Gasteiger partial charge in [-0.05, 0) is 30.5 Å². The van der Waals surface area contributed by atoms with Crippen molar-refractivity contribution in [3.63, 3.8) is 0 Å². The van der Waals surface area contributed by atoms with Crippen LogP contribution in [0.15, 0.2) is 48.7 Å². The molecule has 124 valence electrons. The highest BCUT2D eigenvalue weighted by Crippen LogP contribution is 2.23. The Bertz CT molecular complexity index is 712. The molecule has 0 unspecified atom stereocenters. The maximum absolute atomic E-state index is 12.3. The number of pyridine rings is 1.